The molecule has 0 aromatic carbocycles. The van der Waals surface area contributed by atoms with Gasteiger partial charge in [-0.25, -0.2) is 0 Å². The van der Waals surface area contributed by atoms with Gasteiger partial charge in [0.05, 0.1) is 5.69 Å². The Labute approximate surface area is 85.3 Å². The van der Waals surface area contributed by atoms with Gasteiger partial charge < -0.3 is 5.73 Å². The summed E-state index contributed by atoms with van der Waals surface area (Å²) in [6.45, 7) is 0.740. The lowest BCUT2D eigenvalue weighted by Crippen LogP contribution is -2.37. The molecule has 1 aromatic heterocycles. The molecule has 0 saturated heterocycles. The number of aromatic nitrogens is 2. The number of nitrogens with zero attached hydrogens (tertiary/aromatic N) is 2. The highest BCUT2D eigenvalue weighted by molar-refractivity contribution is 5.17. The van der Waals surface area contributed by atoms with Crippen molar-refractivity contribution in [1.29, 1.82) is 0 Å². The summed E-state index contributed by atoms with van der Waals surface area (Å²) in [5.74, 6) is 0. The Morgan fingerprint density at radius 1 is 1.43 bits per heavy atom. The molecule has 1 heterocycles. The van der Waals surface area contributed by atoms with Crippen molar-refractivity contribution in [2.24, 2.45) is 12.8 Å². The molecular weight excluding hydrogens is 174 g/mol. The van der Waals surface area contributed by atoms with Crippen molar-refractivity contribution in [2.75, 3.05) is 6.54 Å². The third kappa shape index (κ3) is 1.57. The summed E-state index contributed by atoms with van der Waals surface area (Å²) in [4.78, 5) is 0. The number of aryl methyl sites for hydroxylation is 1. The molecule has 1 saturated carbocycles. The SMILES string of the molecule is Cn1ccc(C2(CN)CCCCC2)n1. The van der Waals surface area contributed by atoms with Gasteiger partial charge in [0.2, 0.25) is 0 Å². The van der Waals surface area contributed by atoms with Crippen molar-refractivity contribution in [3.63, 3.8) is 0 Å². The summed E-state index contributed by atoms with van der Waals surface area (Å²) >= 11 is 0. The van der Waals surface area contributed by atoms with E-state index in [9.17, 15) is 0 Å². The zero-order valence-electron chi connectivity index (χ0n) is 8.87. The lowest BCUT2D eigenvalue weighted by atomic mass is 9.72. The Bertz CT molecular complexity index is 297. The van der Waals surface area contributed by atoms with Gasteiger partial charge in [-0.3, -0.25) is 4.68 Å². The summed E-state index contributed by atoms with van der Waals surface area (Å²) in [6.07, 6.45) is 8.39. The molecule has 0 atom stereocenters. The van der Waals surface area contributed by atoms with Crippen molar-refractivity contribution in [3.8, 4) is 0 Å². The minimum atomic E-state index is 0.180. The maximum Gasteiger partial charge on any atom is 0.0698 e. The molecule has 0 radical (unpaired) electrons. The van der Waals surface area contributed by atoms with Crippen LogP contribution in [0.2, 0.25) is 0 Å². The summed E-state index contributed by atoms with van der Waals surface area (Å²) in [5, 5.41) is 4.51. The van der Waals surface area contributed by atoms with Crippen LogP contribution in [0.1, 0.15) is 37.8 Å². The molecule has 1 aliphatic carbocycles. The van der Waals surface area contributed by atoms with Gasteiger partial charge in [0.1, 0.15) is 0 Å². The molecule has 1 fully saturated rings. The fourth-order valence-electron chi connectivity index (χ4n) is 2.49. The Hall–Kier alpha value is -0.830. The summed E-state index contributed by atoms with van der Waals surface area (Å²) in [7, 11) is 1.97. The number of nitrogens with two attached hydrogens (primary N) is 1. The molecule has 2 rings (SSSR count). The van der Waals surface area contributed by atoms with Gasteiger partial charge in [0.15, 0.2) is 0 Å². The first-order valence-electron chi connectivity index (χ1n) is 5.47. The highest BCUT2D eigenvalue weighted by atomic mass is 15.3. The molecule has 0 amide bonds. The van der Waals surface area contributed by atoms with Crippen LogP contribution in [-0.2, 0) is 12.5 Å². The number of hydrogen-bond acceptors (Lipinski definition) is 2. The highest BCUT2D eigenvalue weighted by Crippen LogP contribution is 2.37. The molecule has 1 aliphatic rings. The van der Waals surface area contributed by atoms with E-state index in [1.54, 1.807) is 0 Å². The lowest BCUT2D eigenvalue weighted by Gasteiger charge is -2.34. The van der Waals surface area contributed by atoms with E-state index in [1.165, 1.54) is 37.8 Å². The lowest BCUT2D eigenvalue weighted by molar-refractivity contribution is 0.292. The Morgan fingerprint density at radius 3 is 2.64 bits per heavy atom. The van der Waals surface area contributed by atoms with Crippen LogP contribution >= 0.6 is 0 Å². The fourth-order valence-corrected chi connectivity index (χ4v) is 2.49. The highest BCUT2D eigenvalue weighted by Gasteiger charge is 2.34. The average Bonchev–Trinajstić information content (AvgIpc) is 2.66. The molecule has 1 aromatic rings. The second kappa shape index (κ2) is 3.73. The predicted molar refractivity (Wildman–Crippen MR) is 57.0 cm³/mol. The first-order valence-corrected chi connectivity index (χ1v) is 5.47. The Balaban J connectivity index is 2.26. The summed E-state index contributed by atoms with van der Waals surface area (Å²) < 4.78 is 1.88. The van der Waals surface area contributed by atoms with Crippen LogP contribution in [-0.4, -0.2) is 16.3 Å². The van der Waals surface area contributed by atoms with Gasteiger partial charge in [0, 0.05) is 25.2 Å². The molecule has 14 heavy (non-hydrogen) atoms. The first kappa shape index (κ1) is 9.71. The smallest absolute Gasteiger partial charge is 0.0698 e. The molecule has 2 N–H and O–H groups in total. The maximum atomic E-state index is 5.93. The number of rotatable bonds is 2. The van der Waals surface area contributed by atoms with Gasteiger partial charge in [0.25, 0.3) is 0 Å². The van der Waals surface area contributed by atoms with E-state index in [1.807, 2.05) is 17.9 Å². The van der Waals surface area contributed by atoms with E-state index in [4.69, 9.17) is 5.73 Å². The zero-order chi connectivity index (χ0) is 10.0. The molecule has 3 heteroatoms. The second-order valence-electron chi connectivity index (χ2n) is 4.42. The van der Waals surface area contributed by atoms with Crippen molar-refractivity contribution >= 4 is 0 Å². The third-order valence-electron chi connectivity index (χ3n) is 3.46. The molecule has 3 nitrogen and oxygen atoms in total. The average molecular weight is 193 g/mol. The molecular formula is C11H19N3. The van der Waals surface area contributed by atoms with Crippen LogP contribution < -0.4 is 5.73 Å². The van der Waals surface area contributed by atoms with E-state index in [-0.39, 0.29) is 5.41 Å². The van der Waals surface area contributed by atoms with E-state index >= 15 is 0 Å². The minimum Gasteiger partial charge on any atom is -0.330 e. The normalized spacial score (nSPS) is 21.0. The van der Waals surface area contributed by atoms with E-state index in [0.29, 0.717) is 0 Å². The standard InChI is InChI=1S/C11H19N3/c1-14-8-5-10(13-14)11(9-12)6-3-2-4-7-11/h5,8H,2-4,6-7,9,12H2,1H3. The third-order valence-corrected chi connectivity index (χ3v) is 3.46. The largest absolute Gasteiger partial charge is 0.330 e. The molecule has 78 valence electrons. The van der Waals surface area contributed by atoms with Crippen molar-refractivity contribution < 1.29 is 0 Å². The Kier molecular flexibility index (Phi) is 2.59. The van der Waals surface area contributed by atoms with Crippen LogP contribution in [0.4, 0.5) is 0 Å². The molecule has 0 spiro atoms. The number of hydrogen-bond donors (Lipinski definition) is 1. The van der Waals surface area contributed by atoms with Crippen LogP contribution in [0.3, 0.4) is 0 Å². The van der Waals surface area contributed by atoms with Crippen LogP contribution in [0, 0.1) is 0 Å². The van der Waals surface area contributed by atoms with Crippen molar-refractivity contribution in [2.45, 2.75) is 37.5 Å². The van der Waals surface area contributed by atoms with Crippen molar-refractivity contribution in [3.05, 3.63) is 18.0 Å². The molecule has 0 aliphatic heterocycles. The van der Waals surface area contributed by atoms with Gasteiger partial charge in [-0.05, 0) is 18.9 Å². The van der Waals surface area contributed by atoms with E-state index in [0.717, 1.165) is 6.54 Å². The monoisotopic (exact) mass is 193 g/mol. The van der Waals surface area contributed by atoms with Crippen LogP contribution in [0.5, 0.6) is 0 Å². The summed E-state index contributed by atoms with van der Waals surface area (Å²) in [5.41, 5.74) is 7.31. The fraction of sp³-hybridized carbons (Fsp3) is 0.727. The van der Waals surface area contributed by atoms with E-state index < -0.39 is 0 Å². The molecule has 0 bridgehead atoms. The van der Waals surface area contributed by atoms with Crippen LogP contribution in [0.15, 0.2) is 12.3 Å². The zero-order valence-corrected chi connectivity index (χ0v) is 8.87. The minimum absolute atomic E-state index is 0.180. The Morgan fingerprint density at radius 2 is 2.14 bits per heavy atom. The predicted octanol–water partition coefficient (Wildman–Crippen LogP) is 1.58. The molecule has 0 unspecified atom stereocenters. The van der Waals surface area contributed by atoms with Gasteiger partial charge in [-0.1, -0.05) is 19.3 Å². The van der Waals surface area contributed by atoms with Gasteiger partial charge in [-0.15, -0.1) is 0 Å². The van der Waals surface area contributed by atoms with E-state index in [2.05, 4.69) is 11.2 Å². The van der Waals surface area contributed by atoms with Crippen molar-refractivity contribution in [1.82, 2.24) is 9.78 Å². The van der Waals surface area contributed by atoms with Gasteiger partial charge >= 0.3 is 0 Å². The topological polar surface area (TPSA) is 43.8 Å². The maximum absolute atomic E-state index is 5.93. The van der Waals surface area contributed by atoms with Crippen LogP contribution in [0.25, 0.3) is 0 Å². The van der Waals surface area contributed by atoms with Gasteiger partial charge in [-0.2, -0.15) is 5.10 Å². The summed E-state index contributed by atoms with van der Waals surface area (Å²) in [6, 6.07) is 2.12. The first-order chi connectivity index (χ1) is 6.77. The second-order valence-corrected chi connectivity index (χ2v) is 4.42. The quantitative estimate of drug-likeness (QED) is 0.775.